The van der Waals surface area contributed by atoms with E-state index in [1.54, 1.807) is 0 Å². The first-order valence-corrected chi connectivity index (χ1v) is 23.0. The molecule has 0 aromatic rings. The number of amides is 2. The molecule has 17 N–H and O–H groups in total. The van der Waals surface area contributed by atoms with E-state index in [-0.39, 0.29) is 124 Å². The van der Waals surface area contributed by atoms with Crippen molar-refractivity contribution < 1.29 is 135 Å². The van der Waals surface area contributed by atoms with E-state index in [4.69, 9.17) is 58.7 Å². The van der Waals surface area contributed by atoms with Gasteiger partial charge in [-0.25, -0.2) is 0 Å². The Hall–Kier alpha value is -1.74. The van der Waals surface area contributed by atoms with E-state index in [9.17, 15) is 57.5 Å². The molecular formula is C35H60N6O19Pt2S8. The van der Waals surface area contributed by atoms with Gasteiger partial charge >= 0.3 is 83.9 Å². The summed E-state index contributed by atoms with van der Waals surface area (Å²) in [5, 5.41) is 61.8. The molecule has 0 rings (SSSR count). The number of nitrogens with two attached hydrogens (primary N) is 4. The molecule has 0 fully saturated rings. The van der Waals surface area contributed by atoms with Crippen LogP contribution in [0.25, 0.3) is 0 Å². The number of hydrogen-bond donors (Lipinski definition) is 13. The quantitative estimate of drug-likeness (QED) is 0.0451. The van der Waals surface area contributed by atoms with Crippen molar-refractivity contribution >= 4 is 172 Å². The van der Waals surface area contributed by atoms with Crippen molar-refractivity contribution in [3.8, 4) is 0 Å². The number of carbonyl (C=O) groups is 12. The molecule has 25 nitrogen and oxygen atoms in total. The van der Waals surface area contributed by atoms with Crippen molar-refractivity contribution in [2.45, 2.75) is 83.7 Å². The summed E-state index contributed by atoms with van der Waals surface area (Å²) in [5.74, 6) is -8.87. The second kappa shape index (κ2) is 59.8. The van der Waals surface area contributed by atoms with Gasteiger partial charge in [0.15, 0.2) is 0 Å². The van der Waals surface area contributed by atoms with Crippen molar-refractivity contribution in [3.63, 3.8) is 0 Å². The van der Waals surface area contributed by atoms with Gasteiger partial charge in [0.05, 0.1) is 18.1 Å². The van der Waals surface area contributed by atoms with Gasteiger partial charge in [-0.15, -0.1) is 11.5 Å². The fraction of sp³-hybridized carbons (Fsp3) is 0.657. The van der Waals surface area contributed by atoms with Crippen LogP contribution in [-0.2, 0) is 201 Å². The second-order valence-corrected chi connectivity index (χ2v) is 15.1. The standard InChI is InChI=1S/2C6H10O3S.2C5H9NO3S.C4H9NOS.3C3H7NO2S.2Pt/c2*1-4(7)2-5(3-10)6(8)9;2*1-3(7)6-4(2-10)5(8)9;1-3(6)4(5)2-7;3*4-2(1-7)3(5)6;;/h2*5,10H,2-3H2,1H3,(H,8,9);2*4,10H,2H2,1H3,(H,6,7)(H,8,9);4,7H,2,5H2,1H3;3*2,7H,1,4H2,(H,5,6);;/q;;;;;;;;2*+4/p-8/t2*5-;3*4-;3*2-;;/m10100110../s1. The molecule has 412 valence electrons. The average Bonchev–Trinajstić information content (AvgIpc) is 3.24. The van der Waals surface area contributed by atoms with E-state index in [1.807, 2.05) is 0 Å². The van der Waals surface area contributed by atoms with Crippen LogP contribution < -0.4 is 33.6 Å². The Kier molecular flexibility index (Phi) is 77.7. The second-order valence-electron chi connectivity index (χ2n) is 12.4. The zero-order valence-corrected chi connectivity index (χ0v) is 49.0. The minimum atomic E-state index is -1.09. The van der Waals surface area contributed by atoms with E-state index in [2.05, 4.69) is 112 Å². The smallest absolute Gasteiger partial charge is 0.792 e. The van der Waals surface area contributed by atoms with Gasteiger partial charge in [0, 0.05) is 44.6 Å². The van der Waals surface area contributed by atoms with E-state index in [0.717, 1.165) is 0 Å². The van der Waals surface area contributed by atoms with Crippen LogP contribution in [0.1, 0.15) is 47.5 Å². The van der Waals surface area contributed by atoms with Gasteiger partial charge in [-0.05, 0) is 20.8 Å². The molecule has 0 radical (unpaired) electrons. The van der Waals surface area contributed by atoms with Crippen LogP contribution in [0, 0.1) is 11.8 Å². The van der Waals surface area contributed by atoms with Crippen LogP contribution >= 0.6 is 0 Å². The van der Waals surface area contributed by atoms with Crippen molar-refractivity contribution in [2.24, 2.45) is 34.8 Å². The largest absolute Gasteiger partial charge is 4.00 e. The molecule has 0 unspecified atom stereocenters. The number of Topliss-reactive ketones (excluding diaryl/α,β-unsaturated/α-hetero) is 3. The number of aliphatic carboxylic acids is 7. The number of hydrogen-bond acceptors (Lipinski definition) is 24. The summed E-state index contributed by atoms with van der Waals surface area (Å²) in [6.45, 7) is 6.67. The Balaban J connectivity index is -0.0000000736. The Morgan fingerprint density at radius 2 is 0.571 bits per heavy atom. The van der Waals surface area contributed by atoms with Crippen LogP contribution in [-0.4, -0.2) is 189 Å². The van der Waals surface area contributed by atoms with E-state index < -0.39 is 89.9 Å². The molecule has 2 amide bonds. The van der Waals surface area contributed by atoms with Gasteiger partial charge < -0.3 is 180 Å². The monoisotopic (exact) mass is 1510 g/mol. The van der Waals surface area contributed by atoms with E-state index >= 15 is 0 Å². The van der Waals surface area contributed by atoms with Gasteiger partial charge in [0.25, 0.3) is 0 Å². The Bertz CT molecular complexity index is 1320. The molecule has 0 aliphatic heterocycles. The van der Waals surface area contributed by atoms with Crippen molar-refractivity contribution in [1.82, 2.24) is 10.6 Å². The van der Waals surface area contributed by atoms with Crippen LogP contribution in [0.4, 0.5) is 0 Å². The fourth-order valence-corrected chi connectivity index (χ4v) is 3.94. The molecule has 0 aliphatic rings. The van der Waals surface area contributed by atoms with Crippen molar-refractivity contribution in [2.75, 3.05) is 46.0 Å². The summed E-state index contributed by atoms with van der Waals surface area (Å²) in [7, 11) is 0. The summed E-state index contributed by atoms with van der Waals surface area (Å²) in [4.78, 5) is 122. The maximum atomic E-state index is 10.4. The molecule has 0 bridgehead atoms. The molecule has 35 heteroatoms. The number of carbonyl (C=O) groups excluding carboxylic acids is 5. The molecule has 0 spiro atoms. The topological polar surface area (TPSA) is 475 Å². The summed E-state index contributed by atoms with van der Waals surface area (Å²) in [5.41, 5.74) is 19.9. The number of nitrogens with one attached hydrogen (secondary N) is 2. The van der Waals surface area contributed by atoms with Gasteiger partial charge in [0.1, 0.15) is 29.4 Å². The molecule has 0 aliphatic carbocycles. The normalized spacial score (nSPS) is 12.5. The molecule has 0 heterocycles. The predicted molar refractivity (Wildman–Crippen MR) is 267 cm³/mol. The third kappa shape index (κ3) is 72.8. The predicted octanol–water partition coefficient (Wildman–Crippen LogP) is -5.05. The van der Waals surface area contributed by atoms with Crippen LogP contribution in [0.3, 0.4) is 0 Å². The van der Waals surface area contributed by atoms with Gasteiger partial charge in [0.2, 0.25) is 11.8 Å². The molecular weight excluding hydrogens is 1460 g/mol. The van der Waals surface area contributed by atoms with Crippen LogP contribution in [0.5, 0.6) is 0 Å². The summed E-state index contributed by atoms with van der Waals surface area (Å²) in [6.07, 6.45) is 0.109. The maximum Gasteiger partial charge on any atom is 4.00 e. The summed E-state index contributed by atoms with van der Waals surface area (Å²) >= 11 is 35.6. The number of ketones is 3. The SMILES string of the molecule is CC(=O)C[C@@H](C[S-])C(=O)O.CC(=O)C[C@H](C[S-])C(=O)O.CC(=O)N[C@@H](C[S-])C(=O)O.CC(=O)N[C@H](C[S-])C(=O)O.CC(=O)[C@@H](N)C[S-].N[C@@H](C[S-])C(=O)O.N[C@H](C[S-])C(=O)O.N[C@H](C[S-])C(=O)O.[Pt+4].[Pt+4]. The minimum Gasteiger partial charge on any atom is -0.792 e. The van der Waals surface area contributed by atoms with E-state index in [1.165, 1.54) is 34.6 Å². The third-order valence-corrected chi connectivity index (χ3v) is 8.95. The Morgan fingerprint density at radius 3 is 0.600 bits per heavy atom. The first kappa shape index (κ1) is 91.0. The molecule has 0 saturated heterocycles. The Labute approximate surface area is 478 Å². The van der Waals surface area contributed by atoms with Gasteiger partial charge in [-0.1, -0.05) is 0 Å². The first-order valence-electron chi connectivity index (χ1n) is 18.3. The zero-order valence-electron chi connectivity index (χ0n) is 37.9. The number of rotatable bonds is 22. The maximum absolute atomic E-state index is 10.4. The summed E-state index contributed by atoms with van der Waals surface area (Å²) in [6, 6.07) is -4.87. The molecule has 70 heavy (non-hydrogen) atoms. The molecule has 0 saturated carbocycles. The number of carboxylic acids is 7. The number of carboxylic acid groups (broad SMARTS) is 7. The molecule has 0 aromatic carbocycles. The minimum absolute atomic E-state index is 0. The van der Waals surface area contributed by atoms with Gasteiger partial charge in [-0.3, -0.25) is 47.9 Å². The first-order chi connectivity index (χ1) is 31.0. The average molecular weight is 1520 g/mol. The van der Waals surface area contributed by atoms with Crippen LogP contribution in [0.15, 0.2) is 0 Å². The fourth-order valence-electron chi connectivity index (χ4n) is 2.30. The van der Waals surface area contributed by atoms with Gasteiger partial charge in [-0.2, -0.15) is 34.5 Å². The Morgan fingerprint density at radius 1 is 0.357 bits per heavy atom. The van der Waals surface area contributed by atoms with Crippen molar-refractivity contribution in [3.05, 3.63) is 0 Å². The van der Waals surface area contributed by atoms with Crippen molar-refractivity contribution in [1.29, 1.82) is 0 Å². The van der Waals surface area contributed by atoms with E-state index in [0.29, 0.717) is 5.75 Å². The molecule has 8 atom stereocenters. The third-order valence-electron chi connectivity index (χ3n) is 6.05. The summed E-state index contributed by atoms with van der Waals surface area (Å²) < 4.78 is 0. The molecule has 0 aromatic heterocycles. The van der Waals surface area contributed by atoms with Crippen LogP contribution in [0.2, 0.25) is 0 Å². The zero-order chi connectivity index (χ0) is 56.0.